The molecule has 2 aromatic rings. The van der Waals surface area contributed by atoms with Gasteiger partial charge in [0.05, 0.1) is 17.6 Å². The van der Waals surface area contributed by atoms with Crippen LogP contribution in [0.15, 0.2) is 30.6 Å². The van der Waals surface area contributed by atoms with E-state index in [2.05, 4.69) is 9.97 Å². The molecule has 0 aliphatic carbocycles. The highest BCUT2D eigenvalue weighted by Crippen LogP contribution is 2.37. The van der Waals surface area contributed by atoms with E-state index in [1.54, 1.807) is 20.1 Å². The SMILES string of the molecule is CSCCN(C(=O)C(C)C)c1ccc(-c2cncc(F)c2)nc1C(F)(F)F. The molecule has 27 heavy (non-hydrogen) atoms. The maximum Gasteiger partial charge on any atom is 0.435 e. The van der Waals surface area contributed by atoms with Crippen LogP contribution in [0, 0.1) is 11.7 Å². The van der Waals surface area contributed by atoms with E-state index >= 15 is 0 Å². The second-order valence-electron chi connectivity index (χ2n) is 6.09. The molecule has 0 aromatic carbocycles. The summed E-state index contributed by atoms with van der Waals surface area (Å²) in [4.78, 5) is 20.9. The lowest BCUT2D eigenvalue weighted by Gasteiger charge is -2.27. The monoisotopic (exact) mass is 401 g/mol. The first-order valence-corrected chi connectivity index (χ1v) is 9.54. The number of nitrogens with zero attached hydrogens (tertiary/aromatic N) is 3. The third-order valence-electron chi connectivity index (χ3n) is 3.71. The summed E-state index contributed by atoms with van der Waals surface area (Å²) in [6, 6.07) is 3.59. The van der Waals surface area contributed by atoms with Crippen LogP contribution in [0.3, 0.4) is 0 Å². The van der Waals surface area contributed by atoms with E-state index in [4.69, 9.17) is 0 Å². The van der Waals surface area contributed by atoms with Crippen LogP contribution in [0.4, 0.5) is 23.2 Å². The summed E-state index contributed by atoms with van der Waals surface area (Å²) in [5.74, 6) is -1.09. The zero-order chi connectivity index (χ0) is 20.2. The zero-order valence-electron chi connectivity index (χ0n) is 15.0. The Morgan fingerprint density at radius 1 is 1.26 bits per heavy atom. The fourth-order valence-electron chi connectivity index (χ4n) is 2.43. The molecular formula is C18H19F4N3OS. The first-order chi connectivity index (χ1) is 12.6. The molecule has 0 N–H and O–H groups in total. The molecule has 9 heteroatoms. The molecule has 0 saturated heterocycles. The minimum atomic E-state index is -4.78. The number of hydrogen-bond donors (Lipinski definition) is 0. The van der Waals surface area contributed by atoms with Gasteiger partial charge in [0.2, 0.25) is 5.91 Å². The van der Waals surface area contributed by atoms with E-state index in [0.29, 0.717) is 5.75 Å². The van der Waals surface area contributed by atoms with E-state index in [9.17, 15) is 22.4 Å². The van der Waals surface area contributed by atoms with Gasteiger partial charge in [0.15, 0.2) is 5.69 Å². The Hall–Kier alpha value is -2.16. The quantitative estimate of drug-likeness (QED) is 0.661. The molecule has 0 aliphatic rings. The van der Waals surface area contributed by atoms with Crippen molar-refractivity contribution in [3.63, 3.8) is 0 Å². The number of hydrogen-bond acceptors (Lipinski definition) is 4. The van der Waals surface area contributed by atoms with E-state index in [0.717, 1.165) is 17.2 Å². The molecule has 0 atom stereocenters. The zero-order valence-corrected chi connectivity index (χ0v) is 15.9. The summed E-state index contributed by atoms with van der Waals surface area (Å²) in [6.07, 6.45) is -0.786. The normalized spacial score (nSPS) is 11.7. The summed E-state index contributed by atoms with van der Waals surface area (Å²) < 4.78 is 54.4. The molecule has 0 unspecified atom stereocenters. The van der Waals surface area contributed by atoms with E-state index in [1.807, 2.05) is 0 Å². The maximum absolute atomic E-state index is 13.7. The lowest BCUT2D eigenvalue weighted by Crippen LogP contribution is -2.37. The average molecular weight is 401 g/mol. The van der Waals surface area contributed by atoms with E-state index in [-0.39, 0.29) is 23.5 Å². The molecule has 0 fully saturated rings. The average Bonchev–Trinajstić information content (AvgIpc) is 2.61. The molecule has 0 bridgehead atoms. The number of halogens is 4. The molecule has 0 radical (unpaired) electrons. The number of rotatable bonds is 6. The first kappa shape index (κ1) is 21.1. The number of pyridine rings is 2. The number of amides is 1. The Labute approximate surface area is 159 Å². The molecule has 1 amide bonds. The minimum Gasteiger partial charge on any atom is -0.309 e. The Kier molecular flexibility index (Phi) is 6.80. The summed E-state index contributed by atoms with van der Waals surface area (Å²) in [5.41, 5.74) is -1.43. The molecule has 0 saturated carbocycles. The molecule has 146 valence electrons. The van der Waals surface area contributed by atoms with Crippen molar-refractivity contribution in [3.05, 3.63) is 42.1 Å². The lowest BCUT2D eigenvalue weighted by atomic mass is 10.1. The highest BCUT2D eigenvalue weighted by atomic mass is 32.2. The summed E-state index contributed by atoms with van der Waals surface area (Å²) in [6.45, 7) is 3.38. The maximum atomic E-state index is 13.7. The Bertz CT molecular complexity index is 811. The van der Waals surface area contributed by atoms with Gasteiger partial charge < -0.3 is 4.90 Å². The van der Waals surface area contributed by atoms with Crippen molar-refractivity contribution in [2.24, 2.45) is 5.92 Å². The van der Waals surface area contributed by atoms with Crippen molar-refractivity contribution < 1.29 is 22.4 Å². The van der Waals surface area contributed by atoms with Gasteiger partial charge >= 0.3 is 6.18 Å². The fourth-order valence-corrected chi connectivity index (χ4v) is 2.80. The topological polar surface area (TPSA) is 46.1 Å². The van der Waals surface area contributed by atoms with Gasteiger partial charge in [0.1, 0.15) is 5.82 Å². The highest BCUT2D eigenvalue weighted by Gasteiger charge is 2.38. The number of aromatic nitrogens is 2. The first-order valence-electron chi connectivity index (χ1n) is 8.14. The van der Waals surface area contributed by atoms with Crippen LogP contribution in [0.5, 0.6) is 0 Å². The van der Waals surface area contributed by atoms with Gasteiger partial charge in [-0.15, -0.1) is 0 Å². The van der Waals surface area contributed by atoms with Crippen LogP contribution in [0.1, 0.15) is 19.5 Å². The minimum absolute atomic E-state index is 0.0695. The van der Waals surface area contributed by atoms with Crippen LogP contribution in [0.2, 0.25) is 0 Å². The second kappa shape index (κ2) is 8.69. The summed E-state index contributed by atoms with van der Waals surface area (Å²) in [5, 5.41) is 0. The van der Waals surface area contributed by atoms with Crippen LogP contribution >= 0.6 is 11.8 Å². The standard InChI is InChI=1S/C18H19F4N3OS/c1-11(2)17(26)25(6-7-27-3)15-5-4-14(24-16(15)18(20,21)22)12-8-13(19)10-23-9-12/h4-5,8-11H,6-7H2,1-3H3. The third-order valence-corrected chi connectivity index (χ3v) is 4.30. The van der Waals surface area contributed by atoms with Gasteiger partial charge in [0.25, 0.3) is 0 Å². The van der Waals surface area contributed by atoms with Crippen LogP contribution in [-0.4, -0.2) is 34.4 Å². The molecule has 2 heterocycles. The van der Waals surface area contributed by atoms with Crippen molar-refractivity contribution in [3.8, 4) is 11.3 Å². The predicted molar refractivity (Wildman–Crippen MR) is 98.0 cm³/mol. The molecule has 0 spiro atoms. The molecule has 2 aromatic heterocycles. The molecule has 4 nitrogen and oxygen atoms in total. The Balaban J connectivity index is 2.59. The number of alkyl halides is 3. The van der Waals surface area contributed by atoms with Gasteiger partial charge in [-0.25, -0.2) is 9.37 Å². The highest BCUT2D eigenvalue weighted by molar-refractivity contribution is 7.98. The molecule has 0 aliphatic heterocycles. The van der Waals surface area contributed by atoms with Crippen LogP contribution in [-0.2, 0) is 11.0 Å². The smallest absolute Gasteiger partial charge is 0.309 e. The van der Waals surface area contributed by atoms with Crippen molar-refractivity contribution in [2.45, 2.75) is 20.0 Å². The lowest BCUT2D eigenvalue weighted by molar-refractivity contribution is -0.140. The Morgan fingerprint density at radius 3 is 2.52 bits per heavy atom. The Morgan fingerprint density at radius 2 is 1.96 bits per heavy atom. The number of thioether (sulfide) groups is 1. The van der Waals surface area contributed by atoms with Gasteiger partial charge in [-0.05, 0) is 24.5 Å². The van der Waals surface area contributed by atoms with E-state index < -0.39 is 29.5 Å². The predicted octanol–water partition coefficient (Wildman–Crippen LogP) is 4.65. The fraction of sp³-hybridized carbons (Fsp3) is 0.389. The van der Waals surface area contributed by atoms with Crippen molar-refractivity contribution in [1.82, 2.24) is 9.97 Å². The van der Waals surface area contributed by atoms with E-state index in [1.165, 1.54) is 30.1 Å². The van der Waals surface area contributed by atoms with Crippen molar-refractivity contribution >= 4 is 23.4 Å². The number of carbonyl (C=O) groups is 1. The summed E-state index contributed by atoms with van der Waals surface area (Å²) >= 11 is 1.42. The van der Waals surface area contributed by atoms with Gasteiger partial charge in [-0.2, -0.15) is 24.9 Å². The van der Waals surface area contributed by atoms with Crippen LogP contribution < -0.4 is 4.90 Å². The summed E-state index contributed by atoms with van der Waals surface area (Å²) in [7, 11) is 0. The van der Waals surface area contributed by atoms with Gasteiger partial charge in [-0.1, -0.05) is 13.8 Å². The van der Waals surface area contributed by atoms with Crippen LogP contribution in [0.25, 0.3) is 11.3 Å². The van der Waals surface area contributed by atoms with Crippen molar-refractivity contribution in [2.75, 3.05) is 23.5 Å². The largest absolute Gasteiger partial charge is 0.435 e. The van der Waals surface area contributed by atoms with Gasteiger partial charge in [-0.3, -0.25) is 9.78 Å². The van der Waals surface area contributed by atoms with Crippen molar-refractivity contribution in [1.29, 1.82) is 0 Å². The third kappa shape index (κ3) is 5.18. The number of carbonyl (C=O) groups excluding carboxylic acids is 1. The number of anilines is 1. The molecule has 2 rings (SSSR count). The molecular weight excluding hydrogens is 382 g/mol. The van der Waals surface area contributed by atoms with Gasteiger partial charge in [0, 0.05) is 30.0 Å². The second-order valence-corrected chi connectivity index (χ2v) is 7.08.